The van der Waals surface area contributed by atoms with Crippen LogP contribution in [-0.4, -0.2) is 25.6 Å². The van der Waals surface area contributed by atoms with E-state index in [1.165, 1.54) is 0 Å². The van der Waals surface area contributed by atoms with Gasteiger partial charge in [0.2, 0.25) is 5.91 Å². The van der Waals surface area contributed by atoms with E-state index in [-0.39, 0.29) is 11.9 Å². The topological polar surface area (TPSA) is 50.4 Å². The fraction of sp³-hybridized carbons (Fsp3) is 0.417. The highest BCUT2D eigenvalue weighted by atomic mass is 35.5. The van der Waals surface area contributed by atoms with Crippen molar-refractivity contribution in [1.82, 2.24) is 5.32 Å². The van der Waals surface area contributed by atoms with Crippen molar-refractivity contribution in [2.75, 3.05) is 19.0 Å². The molecule has 1 amide bonds. The fourth-order valence-electron chi connectivity index (χ4n) is 1.88. The van der Waals surface area contributed by atoms with Crippen LogP contribution >= 0.6 is 11.6 Å². The molecule has 0 aromatic heterocycles. The molecule has 0 radical (unpaired) electrons. The van der Waals surface area contributed by atoms with Gasteiger partial charge in [0, 0.05) is 11.8 Å². The monoisotopic (exact) mass is 254 g/mol. The SMILES string of the molecule is COc1cc(NC(=O)[C@H]2CCCN2)ccc1Cl. The summed E-state index contributed by atoms with van der Waals surface area (Å²) in [7, 11) is 1.55. The van der Waals surface area contributed by atoms with E-state index in [2.05, 4.69) is 10.6 Å². The van der Waals surface area contributed by atoms with Crippen molar-refractivity contribution in [3.63, 3.8) is 0 Å². The van der Waals surface area contributed by atoms with Crippen molar-refractivity contribution in [2.24, 2.45) is 0 Å². The third-order valence-corrected chi connectivity index (χ3v) is 3.11. The van der Waals surface area contributed by atoms with E-state index in [1.54, 1.807) is 25.3 Å². The van der Waals surface area contributed by atoms with Crippen LogP contribution in [-0.2, 0) is 4.79 Å². The van der Waals surface area contributed by atoms with Gasteiger partial charge in [-0.2, -0.15) is 0 Å². The zero-order valence-corrected chi connectivity index (χ0v) is 10.4. The van der Waals surface area contributed by atoms with Crippen LogP contribution in [0.15, 0.2) is 18.2 Å². The predicted molar refractivity (Wildman–Crippen MR) is 67.7 cm³/mol. The van der Waals surface area contributed by atoms with Crippen molar-refractivity contribution in [2.45, 2.75) is 18.9 Å². The van der Waals surface area contributed by atoms with Crippen molar-refractivity contribution >= 4 is 23.2 Å². The van der Waals surface area contributed by atoms with Crippen LogP contribution in [0, 0.1) is 0 Å². The van der Waals surface area contributed by atoms with E-state index < -0.39 is 0 Å². The number of nitrogens with one attached hydrogen (secondary N) is 2. The molecular formula is C12H15ClN2O2. The number of hydrogen-bond donors (Lipinski definition) is 2. The van der Waals surface area contributed by atoms with E-state index in [0.29, 0.717) is 16.5 Å². The number of methoxy groups -OCH3 is 1. The Hall–Kier alpha value is -1.26. The lowest BCUT2D eigenvalue weighted by Crippen LogP contribution is -2.35. The molecule has 17 heavy (non-hydrogen) atoms. The number of halogens is 1. The Morgan fingerprint density at radius 1 is 1.59 bits per heavy atom. The van der Waals surface area contributed by atoms with Crippen LogP contribution in [0.1, 0.15) is 12.8 Å². The molecule has 0 bridgehead atoms. The minimum absolute atomic E-state index is 0.00752. The number of benzene rings is 1. The molecule has 92 valence electrons. The Morgan fingerprint density at radius 2 is 2.41 bits per heavy atom. The molecule has 1 aliphatic heterocycles. The van der Waals surface area contributed by atoms with Crippen molar-refractivity contribution < 1.29 is 9.53 Å². The van der Waals surface area contributed by atoms with E-state index in [1.807, 2.05) is 0 Å². The predicted octanol–water partition coefficient (Wildman–Crippen LogP) is 2.04. The molecule has 4 nitrogen and oxygen atoms in total. The number of amides is 1. The first kappa shape index (κ1) is 12.2. The van der Waals surface area contributed by atoms with Gasteiger partial charge < -0.3 is 15.4 Å². The molecule has 2 rings (SSSR count). The largest absolute Gasteiger partial charge is 0.495 e. The van der Waals surface area contributed by atoms with Gasteiger partial charge in [0.15, 0.2) is 0 Å². The Bertz CT molecular complexity index is 417. The van der Waals surface area contributed by atoms with Crippen LogP contribution in [0.3, 0.4) is 0 Å². The molecule has 1 heterocycles. The molecule has 0 saturated carbocycles. The first-order valence-electron chi connectivity index (χ1n) is 5.58. The van der Waals surface area contributed by atoms with Crippen molar-refractivity contribution in [3.8, 4) is 5.75 Å². The summed E-state index contributed by atoms with van der Waals surface area (Å²) in [6.45, 7) is 0.905. The summed E-state index contributed by atoms with van der Waals surface area (Å²) < 4.78 is 5.09. The van der Waals surface area contributed by atoms with Gasteiger partial charge >= 0.3 is 0 Å². The Morgan fingerprint density at radius 3 is 3.06 bits per heavy atom. The number of ether oxygens (including phenoxy) is 1. The van der Waals surface area contributed by atoms with Crippen LogP contribution in [0.5, 0.6) is 5.75 Å². The maximum Gasteiger partial charge on any atom is 0.241 e. The number of hydrogen-bond acceptors (Lipinski definition) is 3. The second-order valence-electron chi connectivity index (χ2n) is 3.99. The fourth-order valence-corrected chi connectivity index (χ4v) is 2.07. The summed E-state index contributed by atoms with van der Waals surface area (Å²) in [4.78, 5) is 11.9. The molecule has 5 heteroatoms. The molecule has 1 fully saturated rings. The minimum atomic E-state index is -0.0864. The molecule has 2 N–H and O–H groups in total. The van der Waals surface area contributed by atoms with Crippen LogP contribution < -0.4 is 15.4 Å². The molecule has 1 atom stereocenters. The van der Waals surface area contributed by atoms with Crippen LogP contribution in [0.2, 0.25) is 5.02 Å². The number of carbonyl (C=O) groups is 1. The molecule has 1 aromatic carbocycles. The molecule has 0 spiro atoms. The first-order valence-corrected chi connectivity index (χ1v) is 5.96. The van der Waals surface area contributed by atoms with Gasteiger partial charge in [0.1, 0.15) is 5.75 Å². The van der Waals surface area contributed by atoms with Gasteiger partial charge in [0.05, 0.1) is 18.2 Å². The second-order valence-corrected chi connectivity index (χ2v) is 4.39. The number of anilines is 1. The van der Waals surface area contributed by atoms with Gasteiger partial charge in [-0.25, -0.2) is 0 Å². The van der Waals surface area contributed by atoms with E-state index in [9.17, 15) is 4.79 Å². The molecule has 1 saturated heterocycles. The third kappa shape index (κ3) is 2.90. The third-order valence-electron chi connectivity index (χ3n) is 2.80. The lowest BCUT2D eigenvalue weighted by atomic mass is 10.2. The number of carbonyl (C=O) groups excluding carboxylic acids is 1. The van der Waals surface area contributed by atoms with Gasteiger partial charge in [-0.05, 0) is 31.5 Å². The average molecular weight is 255 g/mol. The zero-order valence-electron chi connectivity index (χ0n) is 9.63. The number of rotatable bonds is 3. The summed E-state index contributed by atoms with van der Waals surface area (Å²) in [5, 5.41) is 6.52. The van der Waals surface area contributed by atoms with Crippen LogP contribution in [0.25, 0.3) is 0 Å². The summed E-state index contributed by atoms with van der Waals surface area (Å²) in [5.41, 5.74) is 0.699. The Labute approximate surface area is 105 Å². The first-order chi connectivity index (χ1) is 8.20. The van der Waals surface area contributed by atoms with E-state index in [0.717, 1.165) is 19.4 Å². The highest BCUT2D eigenvalue weighted by molar-refractivity contribution is 6.32. The molecule has 1 aliphatic rings. The van der Waals surface area contributed by atoms with Crippen molar-refractivity contribution in [1.29, 1.82) is 0 Å². The molecule has 1 aromatic rings. The molecule has 0 unspecified atom stereocenters. The average Bonchev–Trinajstić information content (AvgIpc) is 2.85. The maximum absolute atomic E-state index is 11.9. The minimum Gasteiger partial charge on any atom is -0.495 e. The van der Waals surface area contributed by atoms with E-state index >= 15 is 0 Å². The summed E-state index contributed by atoms with van der Waals surface area (Å²) in [6.07, 6.45) is 1.93. The molecule has 0 aliphatic carbocycles. The zero-order chi connectivity index (χ0) is 12.3. The highest BCUT2D eigenvalue weighted by Gasteiger charge is 2.21. The lowest BCUT2D eigenvalue weighted by molar-refractivity contribution is -0.117. The van der Waals surface area contributed by atoms with Gasteiger partial charge in [0.25, 0.3) is 0 Å². The van der Waals surface area contributed by atoms with Crippen molar-refractivity contribution in [3.05, 3.63) is 23.2 Å². The highest BCUT2D eigenvalue weighted by Crippen LogP contribution is 2.27. The van der Waals surface area contributed by atoms with Crippen LogP contribution in [0.4, 0.5) is 5.69 Å². The Balaban J connectivity index is 2.05. The van der Waals surface area contributed by atoms with Gasteiger partial charge in [-0.3, -0.25) is 4.79 Å². The smallest absolute Gasteiger partial charge is 0.241 e. The summed E-state index contributed by atoms with van der Waals surface area (Å²) in [5.74, 6) is 0.552. The van der Waals surface area contributed by atoms with E-state index in [4.69, 9.17) is 16.3 Å². The summed E-state index contributed by atoms with van der Waals surface area (Å²) >= 11 is 5.91. The quantitative estimate of drug-likeness (QED) is 0.868. The summed E-state index contributed by atoms with van der Waals surface area (Å²) in [6, 6.07) is 5.10. The molecular weight excluding hydrogens is 240 g/mol. The normalized spacial score (nSPS) is 19.1. The standard InChI is InChI=1S/C12H15ClN2O2/c1-17-11-7-8(4-5-9(11)13)15-12(16)10-3-2-6-14-10/h4-5,7,10,14H,2-3,6H2,1H3,(H,15,16)/t10-/m1/s1. The van der Waals surface area contributed by atoms with Gasteiger partial charge in [-0.15, -0.1) is 0 Å². The second kappa shape index (κ2) is 5.38. The van der Waals surface area contributed by atoms with Gasteiger partial charge in [-0.1, -0.05) is 11.6 Å². The Kier molecular flexibility index (Phi) is 3.86. The lowest BCUT2D eigenvalue weighted by Gasteiger charge is -2.12. The maximum atomic E-state index is 11.9.